The monoisotopic (exact) mass is 453 g/mol. The van der Waals surface area contributed by atoms with Gasteiger partial charge in [0, 0.05) is 11.6 Å². The summed E-state index contributed by atoms with van der Waals surface area (Å²) in [4.78, 5) is 17.0. The number of aryl methyl sites for hydroxylation is 1. The SMILES string of the molecule is COc1cc(NS(=O)(=O)c2ccc(C)cc2)cc2sc(NC(=O)c3ccccc3)nc12. The van der Waals surface area contributed by atoms with Crippen LogP contribution < -0.4 is 14.8 Å². The number of nitrogens with one attached hydrogen (secondary N) is 2. The molecule has 2 N–H and O–H groups in total. The molecule has 0 aliphatic rings. The fourth-order valence-electron chi connectivity index (χ4n) is 2.96. The van der Waals surface area contributed by atoms with Gasteiger partial charge in [0.2, 0.25) is 0 Å². The highest BCUT2D eigenvalue weighted by Gasteiger charge is 2.18. The van der Waals surface area contributed by atoms with Gasteiger partial charge in [-0.05, 0) is 37.3 Å². The molecule has 9 heteroatoms. The molecule has 3 aromatic carbocycles. The lowest BCUT2D eigenvalue weighted by molar-refractivity contribution is 0.102. The van der Waals surface area contributed by atoms with Crippen molar-refractivity contribution in [2.45, 2.75) is 11.8 Å². The first kappa shape index (κ1) is 20.8. The average Bonchev–Trinajstić information content (AvgIpc) is 3.16. The number of benzene rings is 3. The van der Waals surface area contributed by atoms with E-state index in [-0.39, 0.29) is 10.8 Å². The van der Waals surface area contributed by atoms with Crippen molar-refractivity contribution in [2.75, 3.05) is 17.1 Å². The first-order chi connectivity index (χ1) is 14.9. The van der Waals surface area contributed by atoms with E-state index in [1.54, 1.807) is 60.7 Å². The van der Waals surface area contributed by atoms with Gasteiger partial charge in [0.1, 0.15) is 11.3 Å². The maximum Gasteiger partial charge on any atom is 0.261 e. The van der Waals surface area contributed by atoms with E-state index in [9.17, 15) is 13.2 Å². The molecular formula is C22H19N3O4S2. The molecule has 4 aromatic rings. The number of ether oxygens (including phenoxy) is 1. The number of carbonyl (C=O) groups is 1. The van der Waals surface area contributed by atoms with E-state index in [2.05, 4.69) is 15.0 Å². The lowest BCUT2D eigenvalue weighted by Gasteiger charge is -2.10. The van der Waals surface area contributed by atoms with Crippen LogP contribution in [0.25, 0.3) is 10.2 Å². The smallest absolute Gasteiger partial charge is 0.261 e. The maximum absolute atomic E-state index is 12.7. The van der Waals surface area contributed by atoms with Crippen LogP contribution in [0, 0.1) is 6.92 Å². The van der Waals surface area contributed by atoms with E-state index in [0.717, 1.165) is 5.56 Å². The Kier molecular flexibility index (Phi) is 5.62. The van der Waals surface area contributed by atoms with Crippen LogP contribution in [0.5, 0.6) is 5.75 Å². The third-order valence-electron chi connectivity index (χ3n) is 4.52. The third kappa shape index (κ3) is 4.52. The predicted octanol–water partition coefficient (Wildman–Crippen LogP) is 4.67. The van der Waals surface area contributed by atoms with Crippen LogP contribution in [-0.4, -0.2) is 26.4 Å². The zero-order valence-corrected chi connectivity index (χ0v) is 18.4. The quantitative estimate of drug-likeness (QED) is 0.442. The summed E-state index contributed by atoms with van der Waals surface area (Å²) in [6.07, 6.45) is 0. The number of sulfonamides is 1. The molecule has 0 unspecified atom stereocenters. The number of nitrogens with zero attached hydrogens (tertiary/aromatic N) is 1. The van der Waals surface area contributed by atoms with Gasteiger partial charge in [-0.1, -0.05) is 47.2 Å². The topological polar surface area (TPSA) is 97.4 Å². The predicted molar refractivity (Wildman–Crippen MR) is 123 cm³/mol. The molecule has 0 aliphatic carbocycles. The molecule has 158 valence electrons. The number of carbonyl (C=O) groups excluding carboxylic acids is 1. The van der Waals surface area contributed by atoms with Crippen molar-refractivity contribution in [1.82, 2.24) is 4.98 Å². The van der Waals surface area contributed by atoms with E-state index in [4.69, 9.17) is 4.74 Å². The Labute approximate surface area is 183 Å². The fourth-order valence-corrected chi connectivity index (χ4v) is 4.92. The van der Waals surface area contributed by atoms with E-state index in [0.29, 0.717) is 32.3 Å². The van der Waals surface area contributed by atoms with Crippen molar-refractivity contribution >= 4 is 48.3 Å². The number of methoxy groups -OCH3 is 1. The number of thiazole rings is 1. The van der Waals surface area contributed by atoms with Gasteiger partial charge >= 0.3 is 0 Å². The summed E-state index contributed by atoms with van der Waals surface area (Å²) in [5.74, 6) is 0.120. The minimum Gasteiger partial charge on any atom is -0.494 e. The molecule has 7 nitrogen and oxygen atoms in total. The van der Waals surface area contributed by atoms with E-state index in [1.165, 1.54) is 18.4 Å². The second-order valence-corrected chi connectivity index (χ2v) is 9.50. The van der Waals surface area contributed by atoms with Crippen molar-refractivity contribution in [3.63, 3.8) is 0 Å². The van der Waals surface area contributed by atoms with E-state index < -0.39 is 10.0 Å². The van der Waals surface area contributed by atoms with Crippen LogP contribution in [0.1, 0.15) is 15.9 Å². The number of hydrogen-bond donors (Lipinski definition) is 2. The first-order valence-corrected chi connectivity index (χ1v) is 11.6. The lowest BCUT2D eigenvalue weighted by atomic mass is 10.2. The number of fused-ring (bicyclic) bond motifs is 1. The molecule has 1 heterocycles. The van der Waals surface area contributed by atoms with Gasteiger partial charge in [-0.3, -0.25) is 14.8 Å². The highest BCUT2D eigenvalue weighted by Crippen LogP contribution is 2.36. The Morgan fingerprint density at radius 3 is 2.42 bits per heavy atom. The molecule has 0 saturated carbocycles. The summed E-state index contributed by atoms with van der Waals surface area (Å²) in [6.45, 7) is 1.89. The van der Waals surface area contributed by atoms with Crippen LogP contribution in [0.3, 0.4) is 0 Å². The molecule has 0 spiro atoms. The molecule has 1 amide bonds. The molecule has 0 radical (unpaired) electrons. The second-order valence-electron chi connectivity index (χ2n) is 6.78. The highest BCUT2D eigenvalue weighted by molar-refractivity contribution is 7.92. The van der Waals surface area contributed by atoms with Gasteiger partial charge in [0.05, 0.1) is 22.4 Å². The van der Waals surface area contributed by atoms with Gasteiger partial charge < -0.3 is 4.74 Å². The molecule has 1 aromatic heterocycles. The molecule has 4 rings (SSSR count). The molecule has 0 fully saturated rings. The zero-order valence-electron chi connectivity index (χ0n) is 16.7. The molecule has 0 aliphatic heterocycles. The number of amides is 1. The fraction of sp³-hybridized carbons (Fsp3) is 0.0909. The first-order valence-electron chi connectivity index (χ1n) is 9.30. The van der Waals surface area contributed by atoms with Crippen molar-refractivity contribution < 1.29 is 17.9 Å². The largest absolute Gasteiger partial charge is 0.494 e. The molecule has 0 saturated heterocycles. The summed E-state index contributed by atoms with van der Waals surface area (Å²) in [5.41, 5.74) is 2.36. The Balaban J connectivity index is 1.64. The molecular weight excluding hydrogens is 434 g/mol. The van der Waals surface area contributed by atoms with Crippen LogP contribution in [0.4, 0.5) is 10.8 Å². The van der Waals surface area contributed by atoms with Crippen molar-refractivity contribution in [3.05, 3.63) is 77.9 Å². The van der Waals surface area contributed by atoms with E-state index in [1.807, 2.05) is 13.0 Å². The summed E-state index contributed by atoms with van der Waals surface area (Å²) in [7, 11) is -2.28. The second kappa shape index (κ2) is 8.37. The Morgan fingerprint density at radius 2 is 1.74 bits per heavy atom. The Morgan fingerprint density at radius 1 is 1.03 bits per heavy atom. The normalized spacial score (nSPS) is 11.3. The van der Waals surface area contributed by atoms with Crippen LogP contribution in [-0.2, 0) is 10.0 Å². The third-order valence-corrected chi connectivity index (χ3v) is 6.83. The van der Waals surface area contributed by atoms with Crippen LogP contribution in [0.15, 0.2) is 71.6 Å². The summed E-state index contributed by atoms with van der Waals surface area (Å²) < 4.78 is 34.1. The van der Waals surface area contributed by atoms with Gasteiger partial charge in [-0.25, -0.2) is 13.4 Å². The Hall–Kier alpha value is -3.43. The van der Waals surface area contributed by atoms with Crippen LogP contribution >= 0.6 is 11.3 Å². The average molecular weight is 454 g/mol. The standard InChI is InChI=1S/C22H19N3O4S2/c1-14-8-10-17(11-9-14)31(27,28)25-16-12-18(29-2)20-19(13-16)30-22(23-20)24-21(26)15-6-4-3-5-7-15/h3-13,25H,1-2H3,(H,23,24,26). The minimum atomic E-state index is -3.76. The van der Waals surface area contributed by atoms with Crippen molar-refractivity contribution in [2.24, 2.45) is 0 Å². The summed E-state index contributed by atoms with van der Waals surface area (Å²) >= 11 is 1.23. The molecule has 0 bridgehead atoms. The Bertz CT molecular complexity index is 1350. The summed E-state index contributed by atoms with van der Waals surface area (Å²) in [5, 5.41) is 3.16. The van der Waals surface area contributed by atoms with Gasteiger partial charge in [-0.2, -0.15) is 0 Å². The molecule has 31 heavy (non-hydrogen) atoms. The van der Waals surface area contributed by atoms with Gasteiger partial charge in [-0.15, -0.1) is 0 Å². The lowest BCUT2D eigenvalue weighted by Crippen LogP contribution is -2.13. The van der Waals surface area contributed by atoms with Crippen molar-refractivity contribution in [3.8, 4) is 5.75 Å². The maximum atomic E-state index is 12.7. The zero-order chi connectivity index (χ0) is 22.0. The van der Waals surface area contributed by atoms with Gasteiger partial charge in [0.15, 0.2) is 5.13 Å². The number of hydrogen-bond acceptors (Lipinski definition) is 6. The molecule has 0 atom stereocenters. The van der Waals surface area contributed by atoms with Crippen LogP contribution in [0.2, 0.25) is 0 Å². The number of rotatable bonds is 6. The minimum absolute atomic E-state index is 0.164. The summed E-state index contributed by atoms with van der Waals surface area (Å²) in [6, 6.07) is 18.6. The number of aromatic nitrogens is 1. The highest BCUT2D eigenvalue weighted by atomic mass is 32.2. The number of anilines is 2. The van der Waals surface area contributed by atoms with Crippen molar-refractivity contribution in [1.29, 1.82) is 0 Å². The van der Waals surface area contributed by atoms with Gasteiger partial charge in [0.25, 0.3) is 15.9 Å². The van der Waals surface area contributed by atoms with E-state index >= 15 is 0 Å².